The lowest BCUT2D eigenvalue weighted by molar-refractivity contribution is 0.857. The minimum absolute atomic E-state index is 0.0958. The Morgan fingerprint density at radius 3 is 2.59 bits per heavy atom. The number of anilines is 2. The Morgan fingerprint density at radius 2 is 1.95 bits per heavy atom. The standard InChI is InChI=1S/C15H17N7/c1-10-7-14(21-15(16)19-10)20-11(2)12-3-5-13(6-4-12)22-9-17-8-18-22/h3-9,11H,1-2H3,(H3,16,19,20,21). The van der Waals surface area contributed by atoms with Gasteiger partial charge in [0.25, 0.3) is 0 Å². The van der Waals surface area contributed by atoms with Gasteiger partial charge < -0.3 is 11.1 Å². The molecule has 0 aliphatic heterocycles. The van der Waals surface area contributed by atoms with E-state index in [4.69, 9.17) is 5.73 Å². The van der Waals surface area contributed by atoms with Crippen LogP contribution in [0.4, 0.5) is 11.8 Å². The van der Waals surface area contributed by atoms with Crippen LogP contribution in [0.25, 0.3) is 5.69 Å². The molecule has 7 nitrogen and oxygen atoms in total. The highest BCUT2D eigenvalue weighted by Gasteiger charge is 2.08. The van der Waals surface area contributed by atoms with Crippen molar-refractivity contribution in [3.63, 3.8) is 0 Å². The molecule has 2 aromatic heterocycles. The monoisotopic (exact) mass is 295 g/mol. The van der Waals surface area contributed by atoms with Crippen molar-refractivity contribution in [2.45, 2.75) is 19.9 Å². The first-order valence-corrected chi connectivity index (χ1v) is 6.94. The first-order chi connectivity index (χ1) is 10.6. The van der Waals surface area contributed by atoms with Gasteiger partial charge in [0.15, 0.2) is 0 Å². The highest BCUT2D eigenvalue weighted by atomic mass is 15.3. The van der Waals surface area contributed by atoms with Crippen LogP contribution >= 0.6 is 0 Å². The van der Waals surface area contributed by atoms with Gasteiger partial charge >= 0.3 is 0 Å². The van der Waals surface area contributed by atoms with Gasteiger partial charge in [0.1, 0.15) is 18.5 Å². The molecule has 112 valence electrons. The molecule has 0 saturated carbocycles. The second-order valence-corrected chi connectivity index (χ2v) is 5.05. The average molecular weight is 295 g/mol. The average Bonchev–Trinajstić information content (AvgIpc) is 3.00. The first kappa shape index (κ1) is 14.0. The summed E-state index contributed by atoms with van der Waals surface area (Å²) in [6.45, 7) is 3.96. The van der Waals surface area contributed by atoms with Crippen molar-refractivity contribution in [1.82, 2.24) is 24.7 Å². The molecule has 0 amide bonds. The van der Waals surface area contributed by atoms with E-state index < -0.39 is 0 Å². The number of nitrogen functional groups attached to an aromatic ring is 1. The molecule has 22 heavy (non-hydrogen) atoms. The van der Waals surface area contributed by atoms with E-state index in [1.807, 2.05) is 37.3 Å². The summed E-state index contributed by atoms with van der Waals surface area (Å²) in [5.74, 6) is 0.995. The third-order valence-electron chi connectivity index (χ3n) is 3.31. The summed E-state index contributed by atoms with van der Waals surface area (Å²) in [4.78, 5) is 12.2. The Morgan fingerprint density at radius 1 is 1.18 bits per heavy atom. The van der Waals surface area contributed by atoms with Crippen LogP contribution in [0.1, 0.15) is 24.2 Å². The van der Waals surface area contributed by atoms with Crippen molar-refractivity contribution >= 4 is 11.8 Å². The Balaban J connectivity index is 1.76. The first-order valence-electron chi connectivity index (χ1n) is 6.94. The molecule has 3 rings (SSSR count). The van der Waals surface area contributed by atoms with Gasteiger partial charge in [0, 0.05) is 17.8 Å². The van der Waals surface area contributed by atoms with E-state index in [9.17, 15) is 0 Å². The summed E-state index contributed by atoms with van der Waals surface area (Å²) >= 11 is 0. The van der Waals surface area contributed by atoms with Gasteiger partial charge in [-0.3, -0.25) is 0 Å². The number of benzene rings is 1. The molecule has 3 N–H and O–H groups in total. The number of nitrogens with one attached hydrogen (secondary N) is 1. The van der Waals surface area contributed by atoms with Crippen LogP contribution in [-0.2, 0) is 0 Å². The summed E-state index contributed by atoms with van der Waals surface area (Å²) in [5, 5.41) is 7.44. The fourth-order valence-corrected chi connectivity index (χ4v) is 2.23. The second-order valence-electron chi connectivity index (χ2n) is 5.05. The molecule has 2 heterocycles. The Labute approximate surface area is 128 Å². The topological polar surface area (TPSA) is 94.5 Å². The maximum Gasteiger partial charge on any atom is 0.222 e. The van der Waals surface area contributed by atoms with E-state index in [2.05, 4.69) is 32.3 Å². The van der Waals surface area contributed by atoms with E-state index in [-0.39, 0.29) is 12.0 Å². The van der Waals surface area contributed by atoms with Crippen molar-refractivity contribution in [2.24, 2.45) is 0 Å². The lowest BCUT2D eigenvalue weighted by Gasteiger charge is -2.16. The zero-order valence-corrected chi connectivity index (χ0v) is 12.4. The third-order valence-corrected chi connectivity index (χ3v) is 3.31. The van der Waals surface area contributed by atoms with Gasteiger partial charge in [-0.25, -0.2) is 14.6 Å². The molecule has 0 spiro atoms. The van der Waals surface area contributed by atoms with Crippen molar-refractivity contribution in [1.29, 1.82) is 0 Å². The number of nitrogens with two attached hydrogens (primary N) is 1. The quantitative estimate of drug-likeness (QED) is 0.765. The zero-order valence-electron chi connectivity index (χ0n) is 12.4. The van der Waals surface area contributed by atoms with Gasteiger partial charge in [0.05, 0.1) is 5.69 Å². The maximum absolute atomic E-state index is 5.67. The van der Waals surface area contributed by atoms with E-state index in [0.717, 1.165) is 22.8 Å². The summed E-state index contributed by atoms with van der Waals surface area (Å²) in [6, 6.07) is 10.1. The minimum atomic E-state index is 0.0958. The molecule has 0 radical (unpaired) electrons. The molecule has 0 fully saturated rings. The van der Waals surface area contributed by atoms with Gasteiger partial charge in [-0.05, 0) is 31.5 Å². The lowest BCUT2D eigenvalue weighted by atomic mass is 10.1. The molecule has 7 heteroatoms. The Kier molecular flexibility index (Phi) is 3.69. The number of nitrogens with zero attached hydrogens (tertiary/aromatic N) is 5. The molecule has 0 aliphatic carbocycles. The zero-order chi connectivity index (χ0) is 15.5. The molecular weight excluding hydrogens is 278 g/mol. The van der Waals surface area contributed by atoms with E-state index >= 15 is 0 Å². The second kappa shape index (κ2) is 5.80. The Hall–Kier alpha value is -2.96. The van der Waals surface area contributed by atoms with Crippen molar-refractivity contribution < 1.29 is 0 Å². The van der Waals surface area contributed by atoms with Gasteiger partial charge in [-0.1, -0.05) is 12.1 Å². The van der Waals surface area contributed by atoms with Gasteiger partial charge in [-0.15, -0.1) is 0 Å². The van der Waals surface area contributed by atoms with Crippen LogP contribution in [0.5, 0.6) is 0 Å². The minimum Gasteiger partial charge on any atom is -0.368 e. The lowest BCUT2D eigenvalue weighted by Crippen LogP contribution is -2.10. The largest absolute Gasteiger partial charge is 0.368 e. The number of hydrogen-bond donors (Lipinski definition) is 2. The number of hydrogen-bond acceptors (Lipinski definition) is 6. The molecule has 0 aliphatic rings. The summed E-state index contributed by atoms with van der Waals surface area (Å²) in [5.41, 5.74) is 8.61. The normalized spacial score (nSPS) is 12.1. The third kappa shape index (κ3) is 3.03. The predicted molar refractivity (Wildman–Crippen MR) is 84.6 cm³/mol. The molecular formula is C15H17N7. The predicted octanol–water partition coefficient (Wildman–Crippen LogP) is 2.12. The molecule has 1 atom stereocenters. The smallest absolute Gasteiger partial charge is 0.222 e. The molecule has 1 unspecified atom stereocenters. The number of rotatable bonds is 4. The van der Waals surface area contributed by atoms with Crippen molar-refractivity contribution in [2.75, 3.05) is 11.1 Å². The molecule has 0 bridgehead atoms. The molecule has 3 aromatic rings. The van der Waals surface area contributed by atoms with E-state index in [1.54, 1.807) is 11.0 Å². The van der Waals surface area contributed by atoms with Crippen LogP contribution in [0.2, 0.25) is 0 Å². The number of aryl methyl sites for hydroxylation is 1. The summed E-state index contributed by atoms with van der Waals surface area (Å²) in [6.07, 6.45) is 3.18. The highest BCUT2D eigenvalue weighted by Crippen LogP contribution is 2.20. The van der Waals surface area contributed by atoms with Crippen LogP contribution in [-0.4, -0.2) is 24.7 Å². The van der Waals surface area contributed by atoms with Gasteiger partial charge in [0.2, 0.25) is 5.95 Å². The van der Waals surface area contributed by atoms with Crippen LogP contribution in [0, 0.1) is 6.92 Å². The van der Waals surface area contributed by atoms with Crippen LogP contribution in [0.3, 0.4) is 0 Å². The van der Waals surface area contributed by atoms with E-state index in [1.165, 1.54) is 6.33 Å². The van der Waals surface area contributed by atoms with Crippen LogP contribution < -0.4 is 11.1 Å². The van der Waals surface area contributed by atoms with E-state index in [0.29, 0.717) is 0 Å². The Bertz CT molecular complexity index is 730. The number of aromatic nitrogens is 5. The maximum atomic E-state index is 5.67. The SMILES string of the molecule is Cc1cc(NC(C)c2ccc(-n3cncn3)cc2)nc(N)n1. The summed E-state index contributed by atoms with van der Waals surface area (Å²) in [7, 11) is 0. The van der Waals surface area contributed by atoms with Crippen molar-refractivity contribution in [3.8, 4) is 5.69 Å². The molecule has 1 aromatic carbocycles. The highest BCUT2D eigenvalue weighted by molar-refractivity contribution is 5.43. The fraction of sp³-hybridized carbons (Fsp3) is 0.200. The van der Waals surface area contributed by atoms with Gasteiger partial charge in [-0.2, -0.15) is 10.1 Å². The van der Waals surface area contributed by atoms with Crippen molar-refractivity contribution in [3.05, 3.63) is 54.2 Å². The molecule has 0 saturated heterocycles. The fourth-order valence-electron chi connectivity index (χ4n) is 2.23. The summed E-state index contributed by atoms with van der Waals surface area (Å²) < 4.78 is 1.72. The van der Waals surface area contributed by atoms with Crippen LogP contribution in [0.15, 0.2) is 43.0 Å².